The number of carbonyl (C=O) groups is 2. The molecule has 3 aromatic rings. The highest BCUT2D eigenvalue weighted by Gasteiger charge is 2.15. The van der Waals surface area contributed by atoms with Crippen molar-refractivity contribution in [3.05, 3.63) is 87.4 Å². The van der Waals surface area contributed by atoms with Crippen LogP contribution in [0.2, 0.25) is 0 Å². The number of carbonyl (C=O) groups excluding carboxylic acids is 2. The molecule has 184 valence electrons. The van der Waals surface area contributed by atoms with E-state index >= 15 is 0 Å². The highest BCUT2D eigenvalue weighted by atomic mass is 16.6. The number of nitriles is 1. The summed E-state index contributed by atoms with van der Waals surface area (Å²) in [5.41, 5.74) is 0.734. The highest BCUT2D eigenvalue weighted by molar-refractivity contribution is 6.01. The Balaban J connectivity index is 1.64. The SMILES string of the molecule is COc1cc(/C=C(\C#N)C(=O)NCc2ccco2)ccc1OC(=O)COc1ccc([N+](=O)[O-])cc1C. The zero-order chi connectivity index (χ0) is 26.1. The van der Waals surface area contributed by atoms with Crippen LogP contribution in [0.3, 0.4) is 0 Å². The maximum Gasteiger partial charge on any atom is 0.349 e. The molecular weight excluding hydrogens is 470 g/mol. The predicted octanol–water partition coefficient (Wildman–Crippen LogP) is 3.71. The van der Waals surface area contributed by atoms with Crippen LogP contribution < -0.4 is 19.5 Å². The van der Waals surface area contributed by atoms with Crippen LogP contribution in [-0.4, -0.2) is 30.5 Å². The van der Waals surface area contributed by atoms with E-state index < -0.39 is 23.4 Å². The second-order valence-corrected chi connectivity index (χ2v) is 7.31. The highest BCUT2D eigenvalue weighted by Crippen LogP contribution is 2.29. The lowest BCUT2D eigenvalue weighted by atomic mass is 10.1. The van der Waals surface area contributed by atoms with Crippen molar-refractivity contribution in [3.63, 3.8) is 0 Å². The van der Waals surface area contributed by atoms with E-state index in [4.69, 9.17) is 18.6 Å². The molecular formula is C25H21N3O8. The number of furan rings is 1. The number of non-ortho nitro benzene ring substituents is 1. The first-order valence-corrected chi connectivity index (χ1v) is 10.5. The molecule has 3 rings (SSSR count). The van der Waals surface area contributed by atoms with Crippen molar-refractivity contribution < 1.29 is 33.1 Å². The minimum Gasteiger partial charge on any atom is -0.493 e. The summed E-state index contributed by atoms with van der Waals surface area (Å²) in [6.07, 6.45) is 2.85. The number of nitro groups is 1. The molecule has 0 aliphatic heterocycles. The van der Waals surface area contributed by atoms with Gasteiger partial charge >= 0.3 is 5.97 Å². The molecule has 0 aliphatic carbocycles. The molecule has 2 aromatic carbocycles. The van der Waals surface area contributed by atoms with E-state index in [1.54, 1.807) is 25.1 Å². The summed E-state index contributed by atoms with van der Waals surface area (Å²) in [7, 11) is 1.37. The summed E-state index contributed by atoms with van der Waals surface area (Å²) < 4.78 is 21.1. The number of hydrogen-bond donors (Lipinski definition) is 1. The summed E-state index contributed by atoms with van der Waals surface area (Å²) >= 11 is 0. The standard InChI is InChI=1S/C25H21N3O8/c1-16-10-19(28(31)32)6-8-21(16)35-15-24(29)36-22-7-5-17(12-23(22)33-2)11-18(13-26)25(30)27-14-20-4-3-9-34-20/h3-12H,14-15H2,1-2H3,(H,27,30)/b18-11+. The van der Waals surface area contributed by atoms with E-state index in [1.165, 1.54) is 49.8 Å². The van der Waals surface area contributed by atoms with Gasteiger partial charge in [-0.1, -0.05) is 6.07 Å². The van der Waals surface area contributed by atoms with Crippen LogP contribution >= 0.6 is 0 Å². The molecule has 1 heterocycles. The maximum atomic E-state index is 12.3. The van der Waals surface area contributed by atoms with Crippen molar-refractivity contribution in [2.24, 2.45) is 0 Å². The summed E-state index contributed by atoms with van der Waals surface area (Å²) in [5, 5.41) is 22.8. The molecule has 0 aliphatic rings. The predicted molar refractivity (Wildman–Crippen MR) is 126 cm³/mol. The molecule has 0 fully saturated rings. The fourth-order valence-electron chi connectivity index (χ4n) is 3.05. The molecule has 0 saturated heterocycles. The smallest absolute Gasteiger partial charge is 0.349 e. The Bertz CT molecular complexity index is 1340. The first-order valence-electron chi connectivity index (χ1n) is 10.5. The molecule has 0 saturated carbocycles. The van der Waals surface area contributed by atoms with Gasteiger partial charge in [0.15, 0.2) is 18.1 Å². The van der Waals surface area contributed by atoms with Crippen LogP contribution in [0.4, 0.5) is 5.69 Å². The Morgan fingerprint density at radius 1 is 1.17 bits per heavy atom. The maximum absolute atomic E-state index is 12.3. The van der Waals surface area contributed by atoms with Crippen LogP contribution in [-0.2, 0) is 16.1 Å². The van der Waals surface area contributed by atoms with Crippen molar-refractivity contribution in [3.8, 4) is 23.3 Å². The van der Waals surface area contributed by atoms with Crippen LogP contribution in [0.1, 0.15) is 16.9 Å². The van der Waals surface area contributed by atoms with Gasteiger partial charge in [-0.15, -0.1) is 0 Å². The molecule has 0 atom stereocenters. The Kier molecular flexibility index (Phi) is 8.40. The summed E-state index contributed by atoms with van der Waals surface area (Å²) in [5.74, 6) is -0.173. The Morgan fingerprint density at radius 3 is 2.58 bits per heavy atom. The summed E-state index contributed by atoms with van der Waals surface area (Å²) in [6, 6.07) is 13.7. The minimum absolute atomic E-state index is 0.0872. The van der Waals surface area contributed by atoms with Crippen molar-refractivity contribution >= 4 is 23.6 Å². The number of nitrogens with zero attached hydrogens (tertiary/aromatic N) is 2. The number of aryl methyl sites for hydroxylation is 1. The zero-order valence-corrected chi connectivity index (χ0v) is 19.3. The van der Waals surface area contributed by atoms with E-state index in [0.717, 1.165) is 0 Å². The van der Waals surface area contributed by atoms with Gasteiger partial charge in [0.25, 0.3) is 11.6 Å². The first-order chi connectivity index (χ1) is 17.3. The molecule has 0 spiro atoms. The average Bonchev–Trinajstić information content (AvgIpc) is 3.39. The van der Waals surface area contributed by atoms with Gasteiger partial charge in [-0.2, -0.15) is 5.26 Å². The molecule has 0 unspecified atom stereocenters. The Morgan fingerprint density at radius 2 is 1.94 bits per heavy atom. The summed E-state index contributed by atoms with van der Waals surface area (Å²) in [4.78, 5) is 34.9. The molecule has 0 bridgehead atoms. The lowest BCUT2D eigenvalue weighted by molar-refractivity contribution is -0.384. The van der Waals surface area contributed by atoms with Crippen molar-refractivity contribution in [1.82, 2.24) is 5.32 Å². The molecule has 36 heavy (non-hydrogen) atoms. The number of esters is 1. The van der Waals surface area contributed by atoms with Gasteiger partial charge in [-0.3, -0.25) is 14.9 Å². The number of hydrogen-bond acceptors (Lipinski definition) is 9. The van der Waals surface area contributed by atoms with Gasteiger partial charge in [-0.05, 0) is 54.5 Å². The minimum atomic E-state index is -0.732. The monoisotopic (exact) mass is 491 g/mol. The van der Waals surface area contributed by atoms with E-state index in [-0.39, 0.29) is 29.3 Å². The third kappa shape index (κ3) is 6.71. The number of amides is 1. The molecule has 0 radical (unpaired) electrons. The van der Waals surface area contributed by atoms with Crippen LogP contribution in [0.15, 0.2) is 64.8 Å². The largest absolute Gasteiger partial charge is 0.493 e. The Labute approximate surface area is 205 Å². The van der Waals surface area contributed by atoms with Crippen LogP contribution in [0, 0.1) is 28.4 Å². The fourth-order valence-corrected chi connectivity index (χ4v) is 3.05. The van der Waals surface area contributed by atoms with Gasteiger partial charge in [-0.25, -0.2) is 4.79 Å². The molecule has 1 aromatic heterocycles. The van der Waals surface area contributed by atoms with Gasteiger partial charge in [0, 0.05) is 12.1 Å². The first kappa shape index (κ1) is 25.5. The normalized spacial score (nSPS) is 10.8. The number of methoxy groups -OCH3 is 1. The topological polar surface area (TPSA) is 154 Å². The van der Waals surface area contributed by atoms with Crippen LogP contribution in [0.5, 0.6) is 17.2 Å². The van der Waals surface area contributed by atoms with E-state index in [9.17, 15) is 25.0 Å². The van der Waals surface area contributed by atoms with Crippen molar-refractivity contribution in [2.45, 2.75) is 13.5 Å². The summed E-state index contributed by atoms with van der Waals surface area (Å²) in [6.45, 7) is 1.30. The number of rotatable bonds is 10. The van der Waals surface area contributed by atoms with Crippen molar-refractivity contribution in [2.75, 3.05) is 13.7 Å². The second kappa shape index (κ2) is 11.8. The third-order valence-corrected chi connectivity index (χ3v) is 4.81. The Hall–Kier alpha value is -5.11. The number of nitrogens with one attached hydrogen (secondary N) is 1. The molecule has 11 heteroatoms. The average molecular weight is 491 g/mol. The van der Waals surface area contributed by atoms with Gasteiger partial charge < -0.3 is 23.9 Å². The van der Waals surface area contributed by atoms with Gasteiger partial charge in [0.05, 0.1) is 24.8 Å². The van der Waals surface area contributed by atoms with E-state index in [0.29, 0.717) is 22.6 Å². The lowest BCUT2D eigenvalue weighted by Crippen LogP contribution is -2.23. The fraction of sp³-hybridized carbons (Fsp3) is 0.160. The number of ether oxygens (including phenoxy) is 3. The second-order valence-electron chi connectivity index (χ2n) is 7.31. The zero-order valence-electron chi connectivity index (χ0n) is 19.3. The lowest BCUT2D eigenvalue weighted by Gasteiger charge is -2.12. The van der Waals surface area contributed by atoms with Crippen molar-refractivity contribution in [1.29, 1.82) is 5.26 Å². The number of benzene rings is 2. The van der Waals surface area contributed by atoms with E-state index in [1.807, 2.05) is 6.07 Å². The third-order valence-electron chi connectivity index (χ3n) is 4.81. The van der Waals surface area contributed by atoms with Crippen LogP contribution in [0.25, 0.3) is 6.08 Å². The van der Waals surface area contributed by atoms with Gasteiger partial charge in [0.1, 0.15) is 23.2 Å². The van der Waals surface area contributed by atoms with E-state index in [2.05, 4.69) is 5.32 Å². The molecule has 1 N–H and O–H groups in total. The molecule has 11 nitrogen and oxygen atoms in total. The molecule has 1 amide bonds. The van der Waals surface area contributed by atoms with Gasteiger partial charge in [0.2, 0.25) is 0 Å². The number of nitro benzene ring substituents is 1. The quantitative estimate of drug-likeness (QED) is 0.112.